The number of hydrogen-bond donors (Lipinski definition) is 1. The molecular formula is C28H37BrN2O4. The van der Waals surface area contributed by atoms with E-state index in [9.17, 15) is 9.59 Å². The van der Waals surface area contributed by atoms with Gasteiger partial charge in [-0.3, -0.25) is 9.59 Å². The lowest BCUT2D eigenvalue weighted by molar-refractivity contribution is -0.143. The summed E-state index contributed by atoms with van der Waals surface area (Å²) in [5, 5.41) is 3.17. The Hall–Kier alpha value is -2.54. The number of carbonyl (C=O) groups excluding carboxylic acids is 2. The predicted molar refractivity (Wildman–Crippen MR) is 142 cm³/mol. The highest BCUT2D eigenvalue weighted by Gasteiger charge is 2.31. The summed E-state index contributed by atoms with van der Waals surface area (Å²) in [5.41, 5.74) is 2.08. The molecule has 190 valence electrons. The number of methoxy groups -OCH3 is 1. The van der Waals surface area contributed by atoms with Crippen LogP contribution in [0.1, 0.15) is 69.9 Å². The van der Waals surface area contributed by atoms with E-state index in [1.54, 1.807) is 12.0 Å². The van der Waals surface area contributed by atoms with Crippen molar-refractivity contribution in [3.63, 3.8) is 0 Å². The van der Waals surface area contributed by atoms with Crippen LogP contribution in [-0.4, -0.2) is 42.5 Å². The normalized spacial score (nSPS) is 14.6. The molecule has 0 heterocycles. The highest BCUT2D eigenvalue weighted by atomic mass is 79.9. The largest absolute Gasteiger partial charge is 0.497 e. The SMILES string of the molecule is CC[C@H](C(=O)NC1CCCC1)N(Cc1cccc(OC)c1)C(=O)COc1ccc(C(C)C)cc1Br. The number of benzene rings is 2. The number of nitrogens with one attached hydrogen (secondary N) is 1. The fraction of sp³-hybridized carbons (Fsp3) is 0.500. The van der Waals surface area contributed by atoms with Crippen molar-refractivity contribution >= 4 is 27.7 Å². The Morgan fingerprint density at radius 1 is 1.14 bits per heavy atom. The number of carbonyl (C=O) groups is 2. The lowest BCUT2D eigenvalue weighted by Gasteiger charge is -2.31. The third kappa shape index (κ3) is 7.47. The fourth-order valence-electron chi connectivity index (χ4n) is 4.47. The van der Waals surface area contributed by atoms with E-state index >= 15 is 0 Å². The maximum atomic E-state index is 13.5. The first kappa shape index (κ1) is 27.1. The molecule has 6 nitrogen and oxygen atoms in total. The Balaban J connectivity index is 1.78. The molecule has 7 heteroatoms. The minimum atomic E-state index is -0.579. The molecule has 0 aliphatic heterocycles. The van der Waals surface area contributed by atoms with Gasteiger partial charge in [-0.15, -0.1) is 0 Å². The van der Waals surface area contributed by atoms with Crippen LogP contribution in [0.15, 0.2) is 46.9 Å². The Kier molecular flexibility index (Phi) is 10.0. The average Bonchev–Trinajstić information content (AvgIpc) is 3.36. The van der Waals surface area contributed by atoms with Gasteiger partial charge in [0.1, 0.15) is 17.5 Å². The van der Waals surface area contributed by atoms with Crippen molar-refractivity contribution in [1.82, 2.24) is 10.2 Å². The van der Waals surface area contributed by atoms with E-state index in [0.717, 1.165) is 35.7 Å². The van der Waals surface area contributed by atoms with E-state index in [-0.39, 0.29) is 24.5 Å². The van der Waals surface area contributed by atoms with Gasteiger partial charge in [-0.1, -0.05) is 51.8 Å². The van der Waals surface area contributed by atoms with Gasteiger partial charge < -0.3 is 19.7 Å². The van der Waals surface area contributed by atoms with Crippen LogP contribution in [0.25, 0.3) is 0 Å². The number of ether oxygens (including phenoxy) is 2. The molecule has 35 heavy (non-hydrogen) atoms. The lowest BCUT2D eigenvalue weighted by atomic mass is 10.0. The van der Waals surface area contributed by atoms with Gasteiger partial charge >= 0.3 is 0 Å². The van der Waals surface area contributed by atoms with E-state index < -0.39 is 6.04 Å². The first-order valence-corrected chi connectivity index (χ1v) is 13.3. The van der Waals surface area contributed by atoms with E-state index in [1.165, 1.54) is 5.56 Å². The van der Waals surface area contributed by atoms with Crippen LogP contribution in [0.2, 0.25) is 0 Å². The molecule has 1 fully saturated rings. The summed E-state index contributed by atoms with van der Waals surface area (Å²) in [6, 6.07) is 13.1. The van der Waals surface area contributed by atoms with E-state index in [2.05, 4.69) is 35.1 Å². The molecule has 3 rings (SSSR count). The Labute approximate surface area is 217 Å². The van der Waals surface area contributed by atoms with E-state index in [1.807, 2.05) is 49.4 Å². The van der Waals surface area contributed by atoms with E-state index in [0.29, 0.717) is 30.4 Å². The summed E-state index contributed by atoms with van der Waals surface area (Å²) in [6.45, 7) is 6.33. The Morgan fingerprint density at radius 3 is 2.51 bits per heavy atom. The highest BCUT2D eigenvalue weighted by Crippen LogP contribution is 2.29. The smallest absolute Gasteiger partial charge is 0.261 e. The molecule has 1 saturated carbocycles. The monoisotopic (exact) mass is 544 g/mol. The standard InChI is InChI=1S/C28H37BrN2O4/c1-5-25(28(33)30-22-10-6-7-11-22)31(17-20-9-8-12-23(15-20)34-4)27(32)18-35-26-14-13-21(19(2)3)16-24(26)29/h8-9,12-16,19,22,25H,5-7,10-11,17-18H2,1-4H3,(H,30,33)/t25-/m1/s1. The summed E-state index contributed by atoms with van der Waals surface area (Å²) in [4.78, 5) is 28.4. The molecule has 0 radical (unpaired) electrons. The average molecular weight is 546 g/mol. The van der Waals surface area contributed by atoms with Gasteiger partial charge in [-0.05, 0) is 76.5 Å². The number of hydrogen-bond acceptors (Lipinski definition) is 4. The number of halogens is 1. The quantitative estimate of drug-likeness (QED) is 0.386. The molecule has 1 aliphatic rings. The summed E-state index contributed by atoms with van der Waals surface area (Å²) in [7, 11) is 1.61. The molecule has 1 N–H and O–H groups in total. The van der Waals surface area contributed by atoms with Crippen molar-refractivity contribution in [2.24, 2.45) is 0 Å². The number of nitrogens with zero attached hydrogens (tertiary/aromatic N) is 1. The molecule has 2 amide bonds. The summed E-state index contributed by atoms with van der Waals surface area (Å²) in [6.07, 6.45) is 4.77. The topological polar surface area (TPSA) is 67.9 Å². The van der Waals surface area contributed by atoms with Gasteiger partial charge in [0, 0.05) is 12.6 Å². The zero-order chi connectivity index (χ0) is 25.4. The van der Waals surface area contributed by atoms with Crippen LogP contribution in [0.5, 0.6) is 11.5 Å². The van der Waals surface area contributed by atoms with Gasteiger partial charge in [0.25, 0.3) is 5.91 Å². The zero-order valence-corrected chi connectivity index (χ0v) is 22.8. The van der Waals surface area contributed by atoms with Crippen molar-refractivity contribution in [3.05, 3.63) is 58.1 Å². The molecule has 1 aliphatic carbocycles. The number of amides is 2. The van der Waals surface area contributed by atoms with E-state index in [4.69, 9.17) is 9.47 Å². The zero-order valence-electron chi connectivity index (χ0n) is 21.2. The minimum Gasteiger partial charge on any atom is -0.497 e. The van der Waals surface area contributed by atoms with Crippen LogP contribution in [0.4, 0.5) is 0 Å². The van der Waals surface area contributed by atoms with Crippen LogP contribution >= 0.6 is 15.9 Å². The van der Waals surface area contributed by atoms with Crippen LogP contribution in [0, 0.1) is 0 Å². The van der Waals surface area contributed by atoms with Crippen LogP contribution < -0.4 is 14.8 Å². The highest BCUT2D eigenvalue weighted by molar-refractivity contribution is 9.10. The van der Waals surface area contributed by atoms with Crippen LogP contribution in [0.3, 0.4) is 0 Å². The van der Waals surface area contributed by atoms with Gasteiger partial charge in [-0.2, -0.15) is 0 Å². The molecule has 0 bridgehead atoms. The molecule has 0 aromatic heterocycles. The van der Waals surface area contributed by atoms with Crippen molar-refractivity contribution < 1.29 is 19.1 Å². The van der Waals surface area contributed by atoms with Crippen molar-refractivity contribution in [3.8, 4) is 11.5 Å². The van der Waals surface area contributed by atoms with Gasteiger partial charge in [0.15, 0.2) is 6.61 Å². The summed E-state index contributed by atoms with van der Waals surface area (Å²) in [5.74, 6) is 1.37. The first-order valence-electron chi connectivity index (χ1n) is 12.5. The van der Waals surface area contributed by atoms with Crippen LogP contribution in [-0.2, 0) is 16.1 Å². The molecule has 2 aromatic rings. The van der Waals surface area contributed by atoms with Gasteiger partial charge in [0.05, 0.1) is 11.6 Å². The second-order valence-corrected chi connectivity index (χ2v) is 10.3. The number of rotatable bonds is 11. The van der Waals surface area contributed by atoms with Crippen molar-refractivity contribution in [2.45, 2.75) is 77.4 Å². The summed E-state index contributed by atoms with van der Waals surface area (Å²) < 4.78 is 12.1. The molecular weight excluding hydrogens is 508 g/mol. The summed E-state index contributed by atoms with van der Waals surface area (Å²) >= 11 is 3.56. The van der Waals surface area contributed by atoms with Crippen molar-refractivity contribution in [1.29, 1.82) is 0 Å². The van der Waals surface area contributed by atoms with Crippen molar-refractivity contribution in [2.75, 3.05) is 13.7 Å². The Morgan fingerprint density at radius 2 is 1.89 bits per heavy atom. The second-order valence-electron chi connectivity index (χ2n) is 9.42. The van der Waals surface area contributed by atoms with Gasteiger partial charge in [0.2, 0.25) is 5.91 Å². The maximum Gasteiger partial charge on any atom is 0.261 e. The fourth-order valence-corrected chi connectivity index (χ4v) is 4.98. The first-order chi connectivity index (χ1) is 16.8. The Bertz CT molecular complexity index is 1000. The molecule has 0 spiro atoms. The third-order valence-corrected chi connectivity index (χ3v) is 7.17. The molecule has 0 saturated heterocycles. The molecule has 1 atom stereocenters. The minimum absolute atomic E-state index is 0.0990. The third-order valence-electron chi connectivity index (χ3n) is 6.55. The molecule has 0 unspecified atom stereocenters. The predicted octanol–water partition coefficient (Wildman–Crippen LogP) is 5.83. The molecule has 2 aromatic carbocycles. The second kappa shape index (κ2) is 13.0. The maximum absolute atomic E-state index is 13.5. The lowest BCUT2D eigenvalue weighted by Crippen LogP contribution is -2.52. The van der Waals surface area contributed by atoms with Gasteiger partial charge in [-0.25, -0.2) is 0 Å².